The number of allylic oxidation sites excluding steroid dienone is 8. The Balaban J connectivity index is 0.000000816. The number of nitro benzene ring substituents is 8. The van der Waals surface area contributed by atoms with Crippen LogP contribution in [0.1, 0.15) is 199 Å². The predicted molar refractivity (Wildman–Crippen MR) is 479 cm³/mol. The van der Waals surface area contributed by atoms with Crippen LogP contribution >= 0.6 is 0 Å². The summed E-state index contributed by atoms with van der Waals surface area (Å²) in [7, 11) is 0. The summed E-state index contributed by atoms with van der Waals surface area (Å²) in [6, 6.07) is 45.7. The maximum absolute atomic E-state index is 12.0. The molecule has 764 valence electrons. The first-order valence-electron chi connectivity index (χ1n) is 42.3. The van der Waals surface area contributed by atoms with Gasteiger partial charge in [-0.3, -0.25) is 119 Å². The second-order valence-corrected chi connectivity index (χ2v) is 30.9. The van der Waals surface area contributed by atoms with E-state index in [0.717, 1.165) is 0 Å². The van der Waals surface area contributed by atoms with E-state index in [9.17, 15) is 160 Å². The van der Waals surface area contributed by atoms with Gasteiger partial charge in [0.25, 0.3) is 45.5 Å². The molecule has 8 aromatic carbocycles. The quantitative estimate of drug-likeness (QED) is 0.0375. The van der Waals surface area contributed by atoms with Crippen LogP contribution in [0, 0.1) is 234 Å². The van der Waals surface area contributed by atoms with E-state index in [0.29, 0.717) is 154 Å². The van der Waals surface area contributed by atoms with Gasteiger partial charge in [-0.1, -0.05) is 143 Å². The number of Topliss-reactive ketones (excluding diaryl/α,β-unsaturated/α-hetero) is 8. The first kappa shape index (κ1) is 130. The van der Waals surface area contributed by atoms with Crippen LogP contribution in [-0.4, -0.2) is 108 Å². The Bertz CT molecular complexity index is 5330. The topological polar surface area (TPSA) is 786 Å². The summed E-state index contributed by atoms with van der Waals surface area (Å²) in [6.07, 6.45) is 11.5. The molecule has 0 amide bonds. The van der Waals surface area contributed by atoms with Crippen LogP contribution in [0.3, 0.4) is 0 Å². The summed E-state index contributed by atoms with van der Waals surface area (Å²) in [4.78, 5) is 173. The van der Waals surface area contributed by atoms with Crippen LogP contribution < -0.4 is 40.9 Å². The Labute approximate surface area is 939 Å². The van der Waals surface area contributed by atoms with Crippen LogP contribution in [0.25, 0.3) is 46.1 Å². The second-order valence-electron chi connectivity index (χ2n) is 30.9. The summed E-state index contributed by atoms with van der Waals surface area (Å²) in [5.74, 6) is -5.50. The molecule has 8 aromatic rings. The SMILES string of the molecule is O=C1CCC/C1=C(/[O-])c1ccccc1[N+](=O)[O-].O=C1CCC/C1=C(/[O-])c1ccccc1[N+](=O)[O-].O=C1CCC/C1=C(/[O-])c1ccccc1[N+](=O)[O-].O=C1CCC/C1=C(/[O-])c1ccccc1[N+](=O)[O-].O=C1CCC/C1=C(/[O-])c1ccccc1[N+](=O)[O-].O=C1CCC/C1=C(/[O-])c1ccccc1[N+](=O)[O-].O=C1CCC/C1=C(/[O-])c1ccccc1[N+](=O)[O-].O=C1CCC/C1=C(/[O-])c1ccccc1[N+](=O)[O-].[Dy+3].[Dy+3].[Dy+3].[Dy+3].[OH-].[OH-].[OH-].[OH-]. The van der Waals surface area contributed by atoms with E-state index in [1.807, 2.05) is 0 Å². The van der Waals surface area contributed by atoms with Crippen molar-refractivity contribution in [3.05, 3.63) is 364 Å². The maximum atomic E-state index is 12.0. The Morgan fingerprint density at radius 2 is 0.243 bits per heavy atom. The summed E-state index contributed by atoms with van der Waals surface area (Å²) in [6.45, 7) is 0. The molecule has 8 saturated carbocycles. The fourth-order valence-electron chi connectivity index (χ4n) is 15.5. The average molecular weight is 2580 g/mol. The Morgan fingerprint density at radius 1 is 0.160 bits per heavy atom. The van der Waals surface area contributed by atoms with Gasteiger partial charge in [0.2, 0.25) is 0 Å². The molecule has 16 rings (SSSR count). The Morgan fingerprint density at radius 3 is 0.312 bits per heavy atom. The largest absolute Gasteiger partial charge is 3.00 e. The summed E-state index contributed by atoms with van der Waals surface area (Å²) < 4.78 is 0. The van der Waals surface area contributed by atoms with Gasteiger partial charge < -0.3 is 62.8 Å². The van der Waals surface area contributed by atoms with Gasteiger partial charge in [0, 0.05) is 144 Å². The van der Waals surface area contributed by atoms with E-state index < -0.39 is 85.5 Å². The van der Waals surface area contributed by atoms with Gasteiger partial charge >= 0.3 is 153 Å². The van der Waals surface area contributed by atoms with Gasteiger partial charge in [-0.25, -0.2) is 0 Å². The number of carbonyl (C=O) groups is 8. The van der Waals surface area contributed by atoms with Crippen molar-refractivity contribution >= 4 is 138 Å². The summed E-state index contributed by atoms with van der Waals surface area (Å²) in [5, 5.41) is 182. The van der Waals surface area contributed by atoms with Crippen molar-refractivity contribution in [2.75, 3.05) is 0 Å². The van der Waals surface area contributed by atoms with Crippen LogP contribution in [0.4, 0.5) is 45.5 Å². The fraction of sp³-hybridized carbons (Fsp3) is 0.250. The third-order valence-electron chi connectivity index (χ3n) is 22.3. The molecule has 4 N–H and O–H groups in total. The first-order chi connectivity index (χ1) is 64.9. The third-order valence-corrected chi connectivity index (χ3v) is 22.3. The van der Waals surface area contributed by atoms with Gasteiger partial charge in [0.1, 0.15) is 0 Å². The number of nitro groups is 8. The molecule has 44 nitrogen and oxygen atoms in total. The van der Waals surface area contributed by atoms with E-state index in [1.54, 1.807) is 48.5 Å². The van der Waals surface area contributed by atoms with E-state index in [1.165, 1.54) is 146 Å². The van der Waals surface area contributed by atoms with Crippen LogP contribution in [0.5, 0.6) is 0 Å². The summed E-state index contributed by atoms with van der Waals surface area (Å²) in [5.41, 5.74) is -0.394. The van der Waals surface area contributed by atoms with Crippen molar-refractivity contribution in [3.63, 3.8) is 0 Å². The minimum absolute atomic E-state index is 0. The number of benzene rings is 8. The number of carbonyl (C=O) groups excluding carboxylic acids is 8. The van der Waals surface area contributed by atoms with Crippen molar-refractivity contribution in [2.24, 2.45) is 0 Å². The number of para-hydroxylation sites is 8. The van der Waals surface area contributed by atoms with Gasteiger partial charge in [-0.15, -0.1) is 0 Å². The number of hydrogen-bond donors (Lipinski definition) is 0. The molecule has 0 spiro atoms. The van der Waals surface area contributed by atoms with Crippen molar-refractivity contribution in [3.8, 4) is 0 Å². The molecule has 144 heavy (non-hydrogen) atoms. The molecule has 0 aromatic heterocycles. The molecule has 8 aliphatic rings. The molecule has 0 unspecified atom stereocenters. The van der Waals surface area contributed by atoms with Crippen molar-refractivity contribution in [2.45, 2.75) is 154 Å². The number of rotatable bonds is 16. The van der Waals surface area contributed by atoms with Crippen LogP contribution in [0.2, 0.25) is 0 Å². The molecule has 8 fully saturated rings. The molecular weight excluding hydrogens is 2490 g/mol. The first-order valence-corrected chi connectivity index (χ1v) is 42.3. The predicted octanol–water partition coefficient (Wildman–Crippen LogP) is 10.6. The van der Waals surface area contributed by atoms with Crippen molar-refractivity contribution < 1.29 is 293 Å². The summed E-state index contributed by atoms with van der Waals surface area (Å²) >= 11 is 0. The van der Waals surface area contributed by atoms with Crippen molar-refractivity contribution in [1.82, 2.24) is 0 Å². The van der Waals surface area contributed by atoms with Gasteiger partial charge in [0.15, 0.2) is 46.3 Å². The number of ketones is 8. The van der Waals surface area contributed by atoms with Gasteiger partial charge in [0.05, 0.1) is 39.4 Å². The Kier molecular flexibility index (Phi) is 56.1. The third kappa shape index (κ3) is 33.8. The van der Waals surface area contributed by atoms with E-state index in [-0.39, 0.29) is 355 Å². The molecule has 48 heteroatoms. The molecule has 0 atom stereocenters. The second kappa shape index (κ2) is 62.3. The minimum atomic E-state index is -0.604. The number of hydrogen-bond acceptors (Lipinski definition) is 36. The van der Waals surface area contributed by atoms with Crippen molar-refractivity contribution in [1.29, 1.82) is 0 Å². The van der Waals surface area contributed by atoms with E-state index >= 15 is 0 Å². The minimum Gasteiger partial charge on any atom is -0.872 e. The standard InChI is InChI=1S/8C12H11NO4.4Dy.4H2O/c8*14-11-7-3-5-9(11)12(15)8-4-1-2-6-10(8)13(16)17;;;;;;;;/h8*1-2,4,6,15H,3,5,7H2;;;;;4*1H2/q;;;;;;;;4*+3;;;;/p-12/b8*12-9-;;;;;;;;. The molecule has 0 heterocycles. The van der Waals surface area contributed by atoms with Gasteiger partial charge in [-0.05, 0) is 196 Å². The molecule has 8 aliphatic carbocycles. The molecule has 0 saturated heterocycles. The molecule has 4 radical (unpaired) electrons. The van der Waals surface area contributed by atoms with Gasteiger partial charge in [-0.2, -0.15) is 0 Å². The fourth-order valence-corrected chi connectivity index (χ4v) is 15.5. The molecule has 0 aliphatic heterocycles. The van der Waals surface area contributed by atoms with Crippen LogP contribution in [0.15, 0.2) is 239 Å². The zero-order valence-electron chi connectivity index (χ0n) is 75.1. The van der Waals surface area contributed by atoms with E-state index in [2.05, 4.69) is 0 Å². The molecular formula is C96H84Dy4N8O36. The zero-order valence-corrected chi connectivity index (χ0v) is 83.3. The normalized spacial score (nSPS) is 17.2. The monoisotopic (exact) mass is 2580 g/mol. The maximum Gasteiger partial charge on any atom is 3.00 e. The van der Waals surface area contributed by atoms with E-state index in [4.69, 9.17) is 0 Å². The zero-order chi connectivity index (χ0) is 99.3. The molecule has 0 bridgehead atoms. The average Bonchev–Trinajstić information content (AvgIpc) is 1.60. The van der Waals surface area contributed by atoms with Crippen LogP contribution in [-0.2, 0) is 38.4 Å². The Hall–Kier alpha value is -12.4. The smallest absolute Gasteiger partial charge is 0.872 e. The number of nitrogens with zero attached hydrogens (tertiary/aromatic N) is 8.